The standard InChI is InChI=1S/C15H20N2O5/c1-10-5-3-6-12(9-10)21-8-4-7-13(18)22-11(2)14(19)17-15(16)20/h3,5-6,9,11H,4,7-8H2,1-2H3,(H3,16,17,19,20)/t11-/m1/s1. The molecule has 0 aliphatic rings. The Balaban J connectivity index is 2.23. The predicted molar refractivity (Wildman–Crippen MR) is 79.2 cm³/mol. The molecule has 22 heavy (non-hydrogen) atoms. The monoisotopic (exact) mass is 308 g/mol. The molecule has 1 aromatic carbocycles. The predicted octanol–water partition coefficient (Wildman–Crippen LogP) is 1.28. The Labute approximate surface area is 128 Å². The molecule has 0 heterocycles. The largest absolute Gasteiger partial charge is 0.494 e. The molecule has 0 aliphatic carbocycles. The number of esters is 1. The normalized spacial score (nSPS) is 11.4. The van der Waals surface area contributed by atoms with Gasteiger partial charge < -0.3 is 15.2 Å². The summed E-state index contributed by atoms with van der Waals surface area (Å²) in [5.41, 5.74) is 5.89. The Bertz CT molecular complexity index is 544. The number of carbonyl (C=O) groups is 3. The molecule has 0 saturated heterocycles. The lowest BCUT2D eigenvalue weighted by Gasteiger charge is -2.12. The number of nitrogens with one attached hydrogen (secondary N) is 1. The number of hydrogen-bond acceptors (Lipinski definition) is 5. The van der Waals surface area contributed by atoms with Crippen LogP contribution >= 0.6 is 0 Å². The van der Waals surface area contributed by atoms with Gasteiger partial charge in [-0.15, -0.1) is 0 Å². The number of primary amides is 1. The van der Waals surface area contributed by atoms with Crippen LogP contribution < -0.4 is 15.8 Å². The fourth-order valence-corrected chi connectivity index (χ4v) is 1.64. The van der Waals surface area contributed by atoms with Crippen molar-refractivity contribution >= 4 is 17.9 Å². The zero-order valence-corrected chi connectivity index (χ0v) is 12.6. The molecule has 1 rings (SSSR count). The summed E-state index contributed by atoms with van der Waals surface area (Å²) in [4.78, 5) is 33.4. The van der Waals surface area contributed by atoms with Crippen LogP contribution in [0.1, 0.15) is 25.3 Å². The SMILES string of the molecule is Cc1cccc(OCCCC(=O)O[C@H](C)C(=O)NC(N)=O)c1. The summed E-state index contributed by atoms with van der Waals surface area (Å²) in [6.07, 6.45) is -0.505. The molecule has 0 bridgehead atoms. The Morgan fingerprint density at radius 3 is 2.68 bits per heavy atom. The highest BCUT2D eigenvalue weighted by Gasteiger charge is 2.18. The maximum atomic E-state index is 11.5. The molecular formula is C15H20N2O5. The highest BCUT2D eigenvalue weighted by atomic mass is 16.5. The third kappa shape index (κ3) is 6.74. The lowest BCUT2D eigenvalue weighted by Crippen LogP contribution is -2.42. The highest BCUT2D eigenvalue weighted by Crippen LogP contribution is 2.12. The zero-order valence-electron chi connectivity index (χ0n) is 12.6. The number of aryl methyl sites for hydroxylation is 1. The first-order valence-corrected chi connectivity index (χ1v) is 6.87. The number of imide groups is 1. The van der Waals surface area contributed by atoms with Crippen molar-refractivity contribution in [3.05, 3.63) is 29.8 Å². The second-order valence-electron chi connectivity index (χ2n) is 4.75. The number of rotatable bonds is 7. The van der Waals surface area contributed by atoms with Gasteiger partial charge in [0.1, 0.15) is 5.75 Å². The van der Waals surface area contributed by atoms with Crippen molar-refractivity contribution in [3.8, 4) is 5.75 Å². The second kappa shape index (κ2) is 8.66. The van der Waals surface area contributed by atoms with Gasteiger partial charge in [0.25, 0.3) is 5.91 Å². The van der Waals surface area contributed by atoms with E-state index >= 15 is 0 Å². The Morgan fingerprint density at radius 2 is 2.05 bits per heavy atom. The van der Waals surface area contributed by atoms with Crippen molar-refractivity contribution < 1.29 is 23.9 Å². The third-order valence-electron chi connectivity index (χ3n) is 2.71. The number of benzene rings is 1. The van der Waals surface area contributed by atoms with E-state index in [1.807, 2.05) is 36.5 Å². The summed E-state index contributed by atoms with van der Waals surface area (Å²) in [6, 6.07) is 6.59. The Hall–Kier alpha value is -2.57. The smallest absolute Gasteiger partial charge is 0.318 e. The van der Waals surface area contributed by atoms with Crippen LogP contribution in [0.2, 0.25) is 0 Å². The van der Waals surface area contributed by atoms with Gasteiger partial charge in [0, 0.05) is 6.42 Å². The van der Waals surface area contributed by atoms with Gasteiger partial charge in [0.15, 0.2) is 6.10 Å². The van der Waals surface area contributed by atoms with Crippen LogP contribution in [-0.4, -0.2) is 30.6 Å². The van der Waals surface area contributed by atoms with Crippen molar-refractivity contribution in [2.24, 2.45) is 5.73 Å². The number of carbonyl (C=O) groups excluding carboxylic acids is 3. The summed E-state index contributed by atoms with van der Waals surface area (Å²) in [5, 5.41) is 1.84. The van der Waals surface area contributed by atoms with Crippen LogP contribution in [0.3, 0.4) is 0 Å². The number of nitrogens with two attached hydrogens (primary N) is 1. The molecular weight excluding hydrogens is 288 g/mol. The zero-order chi connectivity index (χ0) is 16.5. The van der Waals surface area contributed by atoms with Crippen LogP contribution in [0.25, 0.3) is 0 Å². The Kier molecular flexibility index (Phi) is 6.88. The minimum Gasteiger partial charge on any atom is -0.494 e. The van der Waals surface area contributed by atoms with Crippen molar-refractivity contribution in [1.29, 1.82) is 0 Å². The van der Waals surface area contributed by atoms with Crippen LogP contribution in [-0.2, 0) is 14.3 Å². The van der Waals surface area contributed by atoms with Crippen molar-refractivity contribution in [3.63, 3.8) is 0 Å². The molecule has 1 aromatic rings. The summed E-state index contributed by atoms with van der Waals surface area (Å²) in [6.45, 7) is 3.68. The van der Waals surface area contributed by atoms with Crippen LogP contribution in [0, 0.1) is 6.92 Å². The molecule has 0 unspecified atom stereocenters. The average molecular weight is 308 g/mol. The van der Waals surface area contributed by atoms with E-state index in [9.17, 15) is 14.4 Å². The molecule has 120 valence electrons. The number of urea groups is 1. The first kappa shape index (κ1) is 17.5. The first-order chi connectivity index (χ1) is 10.4. The maximum absolute atomic E-state index is 11.5. The van der Waals surface area contributed by atoms with Gasteiger partial charge >= 0.3 is 12.0 Å². The van der Waals surface area contributed by atoms with Crippen molar-refractivity contribution in [1.82, 2.24) is 5.32 Å². The summed E-state index contributed by atoms with van der Waals surface area (Å²) < 4.78 is 10.4. The molecule has 0 radical (unpaired) electrons. The third-order valence-corrected chi connectivity index (χ3v) is 2.71. The lowest BCUT2D eigenvalue weighted by atomic mass is 10.2. The molecule has 1 atom stereocenters. The van der Waals surface area contributed by atoms with Crippen molar-refractivity contribution in [2.75, 3.05) is 6.61 Å². The van der Waals surface area contributed by atoms with Crippen LogP contribution in [0.4, 0.5) is 4.79 Å². The van der Waals surface area contributed by atoms with E-state index in [1.54, 1.807) is 0 Å². The second-order valence-corrected chi connectivity index (χ2v) is 4.75. The van der Waals surface area contributed by atoms with Gasteiger partial charge in [0.2, 0.25) is 0 Å². The van der Waals surface area contributed by atoms with Crippen LogP contribution in [0.5, 0.6) is 5.75 Å². The fraction of sp³-hybridized carbons (Fsp3) is 0.400. The molecule has 7 heteroatoms. The molecule has 0 spiro atoms. The van der Waals surface area contributed by atoms with Gasteiger partial charge in [-0.3, -0.25) is 14.9 Å². The van der Waals surface area contributed by atoms with E-state index in [0.717, 1.165) is 11.3 Å². The van der Waals surface area contributed by atoms with Gasteiger partial charge in [0.05, 0.1) is 6.61 Å². The average Bonchev–Trinajstić information content (AvgIpc) is 2.43. The van der Waals surface area contributed by atoms with E-state index in [2.05, 4.69) is 0 Å². The summed E-state index contributed by atoms with van der Waals surface area (Å²) in [5.74, 6) is -0.556. The quantitative estimate of drug-likeness (QED) is 0.583. The van der Waals surface area contributed by atoms with Gasteiger partial charge in [-0.2, -0.15) is 0 Å². The highest BCUT2D eigenvalue weighted by molar-refractivity contribution is 5.96. The maximum Gasteiger partial charge on any atom is 0.318 e. The minimum atomic E-state index is -1.07. The van der Waals surface area contributed by atoms with Gasteiger partial charge in [-0.05, 0) is 38.0 Å². The first-order valence-electron chi connectivity index (χ1n) is 6.87. The summed E-state index contributed by atoms with van der Waals surface area (Å²) >= 11 is 0. The molecule has 0 aliphatic heterocycles. The van der Waals surface area contributed by atoms with Gasteiger partial charge in [-0.25, -0.2) is 4.79 Å². The summed E-state index contributed by atoms with van der Waals surface area (Å²) in [7, 11) is 0. The molecule has 7 nitrogen and oxygen atoms in total. The molecule has 3 N–H and O–H groups in total. The molecule has 0 aromatic heterocycles. The number of hydrogen-bond donors (Lipinski definition) is 2. The minimum absolute atomic E-state index is 0.111. The Morgan fingerprint density at radius 1 is 1.32 bits per heavy atom. The van der Waals surface area contributed by atoms with Gasteiger partial charge in [-0.1, -0.05) is 12.1 Å². The van der Waals surface area contributed by atoms with E-state index in [1.165, 1.54) is 6.92 Å². The van der Waals surface area contributed by atoms with E-state index in [4.69, 9.17) is 15.2 Å². The van der Waals surface area contributed by atoms with Crippen molar-refractivity contribution in [2.45, 2.75) is 32.8 Å². The van der Waals surface area contributed by atoms with Crippen LogP contribution in [0.15, 0.2) is 24.3 Å². The fourth-order valence-electron chi connectivity index (χ4n) is 1.64. The molecule has 3 amide bonds. The topological polar surface area (TPSA) is 108 Å². The number of amides is 3. The van der Waals surface area contributed by atoms with E-state index < -0.39 is 24.0 Å². The van der Waals surface area contributed by atoms with E-state index in [0.29, 0.717) is 13.0 Å². The number of ether oxygens (including phenoxy) is 2. The molecule has 0 saturated carbocycles. The molecule has 0 fully saturated rings. The lowest BCUT2D eigenvalue weighted by molar-refractivity contribution is -0.154. The van der Waals surface area contributed by atoms with E-state index in [-0.39, 0.29) is 6.42 Å².